The van der Waals surface area contributed by atoms with Crippen LogP contribution in [0, 0.1) is 5.92 Å². The van der Waals surface area contributed by atoms with Crippen LogP contribution in [0.2, 0.25) is 0 Å². The van der Waals surface area contributed by atoms with Gasteiger partial charge in [0.1, 0.15) is 6.54 Å². The number of hydrogen-bond acceptors (Lipinski definition) is 4. The van der Waals surface area contributed by atoms with E-state index in [0.717, 1.165) is 17.7 Å². The van der Waals surface area contributed by atoms with Gasteiger partial charge >= 0.3 is 17.8 Å². The van der Waals surface area contributed by atoms with E-state index < -0.39 is 23.8 Å². The van der Waals surface area contributed by atoms with Crippen LogP contribution in [-0.2, 0) is 14.4 Å². The van der Waals surface area contributed by atoms with Gasteiger partial charge in [0.25, 0.3) is 0 Å². The lowest BCUT2D eigenvalue weighted by atomic mass is 10.2. The predicted octanol–water partition coefficient (Wildman–Crippen LogP) is 0.102. The largest absolute Gasteiger partial charge is 0.352 e. The second-order valence-corrected chi connectivity index (χ2v) is 5.32. The van der Waals surface area contributed by atoms with Gasteiger partial charge in [-0.3, -0.25) is 19.3 Å². The smallest absolute Gasteiger partial charge is 0.334 e. The Kier molecular flexibility index (Phi) is 4.06. The van der Waals surface area contributed by atoms with Gasteiger partial charge in [-0.2, -0.15) is 0 Å². The monoisotopic (exact) mass is 281 g/mol. The minimum atomic E-state index is -0.919. The maximum Gasteiger partial charge on any atom is 0.334 e. The summed E-state index contributed by atoms with van der Waals surface area (Å²) in [6.45, 7) is 3.51. The van der Waals surface area contributed by atoms with Gasteiger partial charge in [-0.05, 0) is 32.1 Å². The van der Waals surface area contributed by atoms with Crippen LogP contribution in [-0.4, -0.2) is 52.7 Å². The molecule has 0 radical (unpaired) electrons. The van der Waals surface area contributed by atoms with E-state index in [9.17, 15) is 19.2 Å². The first-order chi connectivity index (χ1) is 9.45. The zero-order valence-electron chi connectivity index (χ0n) is 11.7. The van der Waals surface area contributed by atoms with Crippen molar-refractivity contribution in [1.82, 2.24) is 15.1 Å². The first-order valence-electron chi connectivity index (χ1n) is 6.92. The molecule has 1 atom stereocenters. The molecule has 0 aromatic heterocycles. The van der Waals surface area contributed by atoms with E-state index in [-0.39, 0.29) is 19.1 Å². The van der Waals surface area contributed by atoms with Gasteiger partial charge in [0.05, 0.1) is 0 Å². The highest BCUT2D eigenvalue weighted by Crippen LogP contribution is 2.32. The molecule has 0 spiro atoms. The Labute approximate surface area is 117 Å². The molecule has 7 nitrogen and oxygen atoms in total. The van der Waals surface area contributed by atoms with E-state index >= 15 is 0 Å². The topological polar surface area (TPSA) is 86.8 Å². The molecule has 0 aromatic carbocycles. The summed E-state index contributed by atoms with van der Waals surface area (Å²) in [5, 5.41) is 2.76. The van der Waals surface area contributed by atoms with Crippen molar-refractivity contribution in [3.63, 3.8) is 0 Å². The molecule has 2 fully saturated rings. The zero-order chi connectivity index (χ0) is 14.9. The fourth-order valence-corrected chi connectivity index (χ4v) is 2.27. The Balaban J connectivity index is 1.94. The molecule has 5 amide bonds. The SMILES string of the molecule is CCCN1C(=O)C(=O)N(CC(=O)N[C@@H](C)C2CC2)C1=O. The third kappa shape index (κ3) is 2.81. The van der Waals surface area contributed by atoms with Crippen LogP contribution in [0.4, 0.5) is 4.79 Å². The number of nitrogens with one attached hydrogen (secondary N) is 1. The molecule has 2 aliphatic rings. The lowest BCUT2D eigenvalue weighted by molar-refractivity contribution is -0.144. The summed E-state index contributed by atoms with van der Waals surface area (Å²) >= 11 is 0. The van der Waals surface area contributed by atoms with Crippen LogP contribution in [0.5, 0.6) is 0 Å². The molecule has 20 heavy (non-hydrogen) atoms. The molecular formula is C13H19N3O4. The summed E-state index contributed by atoms with van der Waals surface area (Å²) in [6.07, 6.45) is 2.75. The van der Waals surface area contributed by atoms with Crippen molar-refractivity contribution < 1.29 is 19.2 Å². The van der Waals surface area contributed by atoms with E-state index in [1.807, 2.05) is 6.92 Å². The maximum absolute atomic E-state index is 11.9. The fourth-order valence-electron chi connectivity index (χ4n) is 2.27. The molecule has 1 saturated heterocycles. The highest BCUT2D eigenvalue weighted by atomic mass is 16.2. The summed E-state index contributed by atoms with van der Waals surface area (Å²) < 4.78 is 0. The normalized spacial score (nSPS) is 20.6. The van der Waals surface area contributed by atoms with Gasteiger partial charge in [-0.25, -0.2) is 9.69 Å². The molecule has 110 valence electrons. The van der Waals surface area contributed by atoms with E-state index in [0.29, 0.717) is 17.2 Å². The second-order valence-electron chi connectivity index (χ2n) is 5.32. The summed E-state index contributed by atoms with van der Waals surface area (Å²) in [5.41, 5.74) is 0. The maximum atomic E-state index is 11.9. The molecular weight excluding hydrogens is 262 g/mol. The number of nitrogens with zero attached hydrogens (tertiary/aromatic N) is 2. The minimum Gasteiger partial charge on any atom is -0.352 e. The third-order valence-corrected chi connectivity index (χ3v) is 3.60. The number of imide groups is 2. The van der Waals surface area contributed by atoms with Crippen LogP contribution in [0.25, 0.3) is 0 Å². The van der Waals surface area contributed by atoms with Crippen LogP contribution in [0.15, 0.2) is 0 Å². The standard InChI is InChI=1S/C13H19N3O4/c1-3-6-15-11(18)12(19)16(13(15)20)7-10(17)14-8(2)9-4-5-9/h8-9H,3-7H2,1-2H3,(H,14,17)/t8-/m0/s1. The van der Waals surface area contributed by atoms with Gasteiger partial charge in [0.2, 0.25) is 5.91 Å². The second kappa shape index (κ2) is 5.60. The number of hydrogen-bond donors (Lipinski definition) is 1. The van der Waals surface area contributed by atoms with Crippen molar-refractivity contribution in [2.75, 3.05) is 13.1 Å². The highest BCUT2D eigenvalue weighted by Gasteiger charge is 2.44. The molecule has 2 rings (SSSR count). The number of rotatable bonds is 6. The summed E-state index contributed by atoms with van der Waals surface area (Å²) in [4.78, 5) is 48.7. The Bertz CT molecular complexity index is 459. The lowest BCUT2D eigenvalue weighted by Gasteiger charge is -2.17. The van der Waals surface area contributed by atoms with Crippen molar-refractivity contribution in [1.29, 1.82) is 0 Å². The number of carbonyl (C=O) groups excluding carboxylic acids is 4. The number of carbonyl (C=O) groups is 4. The van der Waals surface area contributed by atoms with Gasteiger partial charge in [0.15, 0.2) is 0 Å². The first kappa shape index (κ1) is 14.5. The average Bonchev–Trinajstić information content (AvgIpc) is 3.21. The molecule has 1 N–H and O–H groups in total. The van der Waals surface area contributed by atoms with Crippen LogP contribution in [0.1, 0.15) is 33.1 Å². The molecule has 1 aliphatic heterocycles. The van der Waals surface area contributed by atoms with Gasteiger partial charge in [-0.15, -0.1) is 0 Å². The predicted molar refractivity (Wildman–Crippen MR) is 69.4 cm³/mol. The highest BCUT2D eigenvalue weighted by molar-refractivity contribution is 6.45. The first-order valence-corrected chi connectivity index (χ1v) is 6.92. The van der Waals surface area contributed by atoms with E-state index in [1.165, 1.54) is 0 Å². The number of amides is 5. The Morgan fingerprint density at radius 3 is 2.40 bits per heavy atom. The van der Waals surface area contributed by atoms with Gasteiger partial charge in [0, 0.05) is 12.6 Å². The zero-order valence-corrected chi connectivity index (χ0v) is 11.7. The summed E-state index contributed by atoms with van der Waals surface area (Å²) in [7, 11) is 0. The lowest BCUT2D eigenvalue weighted by Crippen LogP contribution is -2.44. The third-order valence-electron chi connectivity index (χ3n) is 3.60. The van der Waals surface area contributed by atoms with E-state index in [2.05, 4.69) is 5.32 Å². The quantitative estimate of drug-likeness (QED) is 0.552. The summed E-state index contributed by atoms with van der Waals surface area (Å²) in [6, 6.07) is -0.658. The molecule has 1 aliphatic carbocycles. The summed E-state index contributed by atoms with van der Waals surface area (Å²) in [5.74, 6) is -1.68. The Morgan fingerprint density at radius 2 is 1.85 bits per heavy atom. The average molecular weight is 281 g/mol. The van der Waals surface area contributed by atoms with Crippen LogP contribution >= 0.6 is 0 Å². The Morgan fingerprint density at radius 1 is 1.25 bits per heavy atom. The van der Waals surface area contributed by atoms with Crippen molar-refractivity contribution in [2.45, 2.75) is 39.2 Å². The minimum absolute atomic E-state index is 0.0396. The van der Waals surface area contributed by atoms with Gasteiger partial charge in [-0.1, -0.05) is 6.92 Å². The molecule has 1 saturated carbocycles. The molecule has 1 heterocycles. The van der Waals surface area contributed by atoms with Crippen molar-refractivity contribution in [3.8, 4) is 0 Å². The van der Waals surface area contributed by atoms with E-state index in [1.54, 1.807) is 6.92 Å². The van der Waals surface area contributed by atoms with Crippen molar-refractivity contribution in [3.05, 3.63) is 0 Å². The van der Waals surface area contributed by atoms with Gasteiger partial charge < -0.3 is 5.32 Å². The fraction of sp³-hybridized carbons (Fsp3) is 0.692. The molecule has 0 bridgehead atoms. The van der Waals surface area contributed by atoms with E-state index in [4.69, 9.17) is 0 Å². The van der Waals surface area contributed by atoms with Crippen LogP contribution in [0.3, 0.4) is 0 Å². The Hall–Kier alpha value is -1.92. The number of urea groups is 1. The molecule has 7 heteroatoms. The molecule has 0 aromatic rings. The van der Waals surface area contributed by atoms with Crippen molar-refractivity contribution >= 4 is 23.8 Å². The molecule has 0 unspecified atom stereocenters. The van der Waals surface area contributed by atoms with Crippen molar-refractivity contribution in [2.24, 2.45) is 5.92 Å². The van der Waals surface area contributed by atoms with Crippen LogP contribution < -0.4 is 5.32 Å².